The fourth-order valence-electron chi connectivity index (χ4n) is 5.34. The van der Waals surface area contributed by atoms with E-state index in [4.69, 9.17) is 32.7 Å². The number of amides is 2. The van der Waals surface area contributed by atoms with Gasteiger partial charge in [-0.3, -0.25) is 13.9 Å². The molecular weight excluding hydrogens is 589 g/mol. The Bertz CT molecular complexity index is 1350. The molecule has 1 aliphatic heterocycles. The summed E-state index contributed by atoms with van der Waals surface area (Å²) in [6.45, 7) is 2.15. The third-order valence-electron chi connectivity index (χ3n) is 7.49. The normalized spacial score (nSPS) is 15.8. The summed E-state index contributed by atoms with van der Waals surface area (Å²) < 4.78 is 37.3. The summed E-state index contributed by atoms with van der Waals surface area (Å²) in [7, 11) is -3.64. The van der Waals surface area contributed by atoms with E-state index in [1.807, 2.05) is 6.92 Å². The first kappa shape index (κ1) is 31.3. The molecule has 1 saturated carbocycles. The summed E-state index contributed by atoms with van der Waals surface area (Å²) in [5, 5.41) is 4.04. The minimum Gasteiger partial charge on any atom is -0.454 e. The fourth-order valence-corrected chi connectivity index (χ4v) is 6.77. The second-order valence-electron chi connectivity index (χ2n) is 10.5. The number of rotatable bonds is 12. The molecule has 0 spiro atoms. The molecule has 1 N–H and O–H groups in total. The van der Waals surface area contributed by atoms with E-state index in [0.29, 0.717) is 39.2 Å². The van der Waals surface area contributed by atoms with Crippen LogP contribution in [-0.2, 0) is 26.2 Å². The monoisotopic (exact) mass is 625 g/mol. The first-order valence-electron chi connectivity index (χ1n) is 14.0. The average Bonchev–Trinajstić information content (AvgIpc) is 3.40. The summed E-state index contributed by atoms with van der Waals surface area (Å²) in [6, 6.07) is 9.39. The van der Waals surface area contributed by atoms with Gasteiger partial charge in [0.15, 0.2) is 11.5 Å². The van der Waals surface area contributed by atoms with E-state index in [2.05, 4.69) is 5.32 Å². The average molecular weight is 627 g/mol. The Morgan fingerprint density at radius 3 is 2.46 bits per heavy atom. The molecule has 2 amide bonds. The lowest BCUT2D eigenvalue weighted by Gasteiger charge is -2.33. The Kier molecular flexibility index (Phi) is 10.7. The summed E-state index contributed by atoms with van der Waals surface area (Å²) in [4.78, 5) is 28.7. The van der Waals surface area contributed by atoms with Crippen molar-refractivity contribution in [2.75, 3.05) is 23.9 Å². The van der Waals surface area contributed by atoms with Crippen LogP contribution in [0.3, 0.4) is 0 Å². The zero-order chi connectivity index (χ0) is 29.6. The van der Waals surface area contributed by atoms with Crippen LogP contribution in [-0.4, -0.2) is 56.8 Å². The van der Waals surface area contributed by atoms with Gasteiger partial charge in [0.2, 0.25) is 28.6 Å². The topological polar surface area (TPSA) is 105 Å². The maximum atomic E-state index is 13.7. The minimum atomic E-state index is -3.64. The van der Waals surface area contributed by atoms with Crippen LogP contribution in [0.2, 0.25) is 10.0 Å². The molecular formula is C29H37Cl2N3O6S. The maximum Gasteiger partial charge on any atom is 0.243 e. The molecule has 0 saturated heterocycles. The summed E-state index contributed by atoms with van der Waals surface area (Å²) in [6.07, 6.45) is 7.00. The molecule has 0 radical (unpaired) electrons. The number of nitrogens with one attached hydrogen (secondary N) is 1. The molecule has 12 heteroatoms. The fraction of sp³-hybridized carbons (Fsp3) is 0.517. The number of fused-ring (bicyclic) bond motifs is 1. The second-order valence-corrected chi connectivity index (χ2v) is 13.3. The van der Waals surface area contributed by atoms with Crippen LogP contribution in [0.15, 0.2) is 36.4 Å². The van der Waals surface area contributed by atoms with Crippen LogP contribution < -0.4 is 19.1 Å². The summed E-state index contributed by atoms with van der Waals surface area (Å²) in [5.74, 6) is 0.566. The molecule has 1 heterocycles. The highest BCUT2D eigenvalue weighted by Gasteiger charge is 2.31. The van der Waals surface area contributed by atoms with Crippen molar-refractivity contribution in [3.63, 3.8) is 0 Å². The first-order valence-corrected chi connectivity index (χ1v) is 16.6. The molecule has 2 aliphatic rings. The number of carbonyl (C=O) groups excluding carboxylic acids is 2. The van der Waals surface area contributed by atoms with Crippen molar-refractivity contribution in [2.24, 2.45) is 0 Å². The van der Waals surface area contributed by atoms with Crippen LogP contribution in [0, 0.1) is 0 Å². The number of sulfonamides is 1. The van der Waals surface area contributed by atoms with Gasteiger partial charge < -0.3 is 19.7 Å². The number of halogens is 2. The number of hydrogen-bond acceptors (Lipinski definition) is 6. The molecule has 2 aromatic rings. The van der Waals surface area contributed by atoms with Crippen LogP contribution in [0.1, 0.15) is 63.9 Å². The van der Waals surface area contributed by atoms with E-state index in [1.54, 1.807) is 41.3 Å². The lowest BCUT2D eigenvalue weighted by Crippen LogP contribution is -2.51. The molecule has 9 nitrogen and oxygen atoms in total. The molecule has 224 valence electrons. The van der Waals surface area contributed by atoms with Gasteiger partial charge in [0, 0.05) is 41.7 Å². The zero-order valence-corrected chi connectivity index (χ0v) is 25.7. The lowest BCUT2D eigenvalue weighted by atomic mass is 9.95. The predicted octanol–water partition coefficient (Wildman–Crippen LogP) is 5.52. The number of anilines is 1. The highest BCUT2D eigenvalue weighted by molar-refractivity contribution is 7.92. The van der Waals surface area contributed by atoms with Gasteiger partial charge in [0.05, 0.1) is 11.9 Å². The van der Waals surface area contributed by atoms with Crippen molar-refractivity contribution in [1.82, 2.24) is 10.2 Å². The van der Waals surface area contributed by atoms with Crippen molar-refractivity contribution in [3.8, 4) is 11.5 Å². The Morgan fingerprint density at radius 1 is 1.05 bits per heavy atom. The number of nitrogens with zero attached hydrogens (tertiary/aromatic N) is 2. The van der Waals surface area contributed by atoms with E-state index in [-0.39, 0.29) is 50.6 Å². The summed E-state index contributed by atoms with van der Waals surface area (Å²) in [5.41, 5.74) is 1.10. The molecule has 2 aromatic carbocycles. The predicted molar refractivity (Wildman–Crippen MR) is 160 cm³/mol. The van der Waals surface area contributed by atoms with Gasteiger partial charge in [0.25, 0.3) is 0 Å². The SMILES string of the molecule is CC[C@H](C(=O)NC1CCCCC1)N(Cc1ccc(Cl)cc1Cl)C(=O)CCCN(c1ccc2c(c1)OCO2)S(C)(=O)=O. The molecule has 0 bridgehead atoms. The molecule has 4 rings (SSSR count). The van der Waals surface area contributed by atoms with Gasteiger partial charge in [-0.1, -0.05) is 55.5 Å². The largest absolute Gasteiger partial charge is 0.454 e. The molecule has 41 heavy (non-hydrogen) atoms. The molecule has 0 unspecified atom stereocenters. The van der Waals surface area contributed by atoms with Gasteiger partial charge in [0.1, 0.15) is 6.04 Å². The van der Waals surface area contributed by atoms with Crippen molar-refractivity contribution in [1.29, 1.82) is 0 Å². The molecule has 1 atom stereocenters. The number of ether oxygens (including phenoxy) is 2. The van der Waals surface area contributed by atoms with Crippen molar-refractivity contribution in [2.45, 2.75) is 76.9 Å². The van der Waals surface area contributed by atoms with Gasteiger partial charge in [-0.2, -0.15) is 0 Å². The Labute approximate surface area is 252 Å². The first-order chi connectivity index (χ1) is 19.6. The zero-order valence-electron chi connectivity index (χ0n) is 23.4. The van der Waals surface area contributed by atoms with Gasteiger partial charge in [-0.25, -0.2) is 8.42 Å². The third-order valence-corrected chi connectivity index (χ3v) is 9.27. The van der Waals surface area contributed by atoms with Crippen LogP contribution in [0.4, 0.5) is 5.69 Å². The molecule has 1 fully saturated rings. The van der Waals surface area contributed by atoms with E-state index < -0.39 is 16.1 Å². The van der Waals surface area contributed by atoms with Crippen LogP contribution in [0.25, 0.3) is 0 Å². The van der Waals surface area contributed by atoms with Crippen molar-refractivity contribution >= 4 is 50.7 Å². The van der Waals surface area contributed by atoms with E-state index in [1.165, 1.54) is 10.7 Å². The van der Waals surface area contributed by atoms with Gasteiger partial charge >= 0.3 is 0 Å². The standard InChI is InChI=1S/C29H37Cl2N3O6S/c1-3-25(29(36)32-22-8-5-4-6-9-22)33(18-20-11-12-21(30)16-24(20)31)28(35)10-7-15-34(41(2,37)38)23-13-14-26-27(17-23)40-19-39-26/h11-14,16-17,22,25H,3-10,15,18-19H2,1-2H3,(H,32,36)/t25-/m1/s1. The maximum absolute atomic E-state index is 13.7. The van der Waals surface area contributed by atoms with E-state index >= 15 is 0 Å². The van der Waals surface area contributed by atoms with Crippen molar-refractivity contribution < 1.29 is 27.5 Å². The number of benzene rings is 2. The van der Waals surface area contributed by atoms with Crippen LogP contribution >= 0.6 is 23.2 Å². The van der Waals surface area contributed by atoms with Gasteiger partial charge in [-0.15, -0.1) is 0 Å². The third kappa shape index (κ3) is 8.20. The molecule has 1 aliphatic carbocycles. The Morgan fingerprint density at radius 2 is 1.78 bits per heavy atom. The quantitative estimate of drug-likeness (QED) is 0.333. The highest BCUT2D eigenvalue weighted by atomic mass is 35.5. The molecule has 0 aromatic heterocycles. The minimum absolute atomic E-state index is 0.0367. The smallest absolute Gasteiger partial charge is 0.243 e. The second kappa shape index (κ2) is 14.0. The Hall–Kier alpha value is -2.69. The summed E-state index contributed by atoms with van der Waals surface area (Å²) >= 11 is 12.5. The Balaban J connectivity index is 1.50. The highest BCUT2D eigenvalue weighted by Crippen LogP contribution is 2.36. The lowest BCUT2D eigenvalue weighted by molar-refractivity contribution is -0.141. The number of carbonyl (C=O) groups is 2. The van der Waals surface area contributed by atoms with E-state index in [9.17, 15) is 18.0 Å². The van der Waals surface area contributed by atoms with Crippen LogP contribution in [0.5, 0.6) is 11.5 Å². The van der Waals surface area contributed by atoms with E-state index in [0.717, 1.165) is 31.9 Å². The van der Waals surface area contributed by atoms with Gasteiger partial charge in [-0.05, 0) is 55.5 Å². The van der Waals surface area contributed by atoms with Crippen molar-refractivity contribution in [3.05, 3.63) is 52.0 Å². The number of hydrogen-bond donors (Lipinski definition) is 1.